The standard InChI is InChI=1S/C14H15ClN6O/c15-11-13(18)21-12(17)10(20-11)14(22)19-9(16)7-6-8-4-2-1-3-5-8/h1-5H,6-7H2,(H2,16,19,22)(H4,17,18,21). The van der Waals surface area contributed by atoms with E-state index in [1.807, 2.05) is 30.3 Å². The Labute approximate surface area is 132 Å². The van der Waals surface area contributed by atoms with Crippen molar-refractivity contribution in [3.63, 3.8) is 0 Å². The monoisotopic (exact) mass is 318 g/mol. The molecule has 8 heteroatoms. The van der Waals surface area contributed by atoms with Crippen molar-refractivity contribution in [1.29, 1.82) is 5.41 Å². The third-order valence-electron chi connectivity index (χ3n) is 2.89. The lowest BCUT2D eigenvalue weighted by Crippen LogP contribution is -2.31. The Hall–Kier alpha value is -2.67. The molecule has 1 amide bonds. The van der Waals surface area contributed by atoms with Crippen LogP contribution in [0.4, 0.5) is 11.6 Å². The maximum Gasteiger partial charge on any atom is 0.279 e. The zero-order chi connectivity index (χ0) is 16.1. The molecule has 1 aromatic heterocycles. The van der Waals surface area contributed by atoms with Crippen LogP contribution < -0.4 is 16.8 Å². The quantitative estimate of drug-likeness (QED) is 0.502. The highest BCUT2D eigenvalue weighted by molar-refractivity contribution is 6.31. The van der Waals surface area contributed by atoms with Gasteiger partial charge in [-0.25, -0.2) is 9.97 Å². The molecule has 0 aliphatic heterocycles. The zero-order valence-corrected chi connectivity index (χ0v) is 12.4. The van der Waals surface area contributed by atoms with Crippen molar-refractivity contribution in [1.82, 2.24) is 15.3 Å². The summed E-state index contributed by atoms with van der Waals surface area (Å²) in [6.07, 6.45) is 1.02. The molecule has 1 heterocycles. The summed E-state index contributed by atoms with van der Waals surface area (Å²) in [5, 5.41) is 10.1. The molecule has 0 saturated heterocycles. The van der Waals surface area contributed by atoms with E-state index >= 15 is 0 Å². The fraction of sp³-hybridized carbons (Fsp3) is 0.143. The molecule has 0 atom stereocenters. The SMILES string of the molecule is N=C(CCc1ccccc1)NC(=O)c1nc(Cl)c(N)nc1N. The Morgan fingerprint density at radius 1 is 1.18 bits per heavy atom. The van der Waals surface area contributed by atoms with Crippen molar-refractivity contribution in [2.24, 2.45) is 0 Å². The van der Waals surface area contributed by atoms with E-state index in [4.69, 9.17) is 28.5 Å². The van der Waals surface area contributed by atoms with Crippen molar-refractivity contribution < 1.29 is 4.79 Å². The number of aryl methyl sites for hydroxylation is 1. The second-order valence-corrected chi connectivity index (χ2v) is 4.91. The van der Waals surface area contributed by atoms with Crippen molar-refractivity contribution in [2.75, 3.05) is 11.5 Å². The number of benzene rings is 1. The Morgan fingerprint density at radius 3 is 2.55 bits per heavy atom. The second-order valence-electron chi connectivity index (χ2n) is 4.55. The summed E-state index contributed by atoms with van der Waals surface area (Å²) in [6, 6.07) is 9.67. The average molecular weight is 319 g/mol. The van der Waals surface area contributed by atoms with Gasteiger partial charge in [0, 0.05) is 6.42 Å². The van der Waals surface area contributed by atoms with E-state index in [-0.39, 0.29) is 28.3 Å². The highest BCUT2D eigenvalue weighted by Crippen LogP contribution is 2.17. The fourth-order valence-electron chi connectivity index (χ4n) is 1.78. The molecule has 114 valence electrons. The van der Waals surface area contributed by atoms with Crippen LogP contribution in [0.25, 0.3) is 0 Å². The average Bonchev–Trinajstić information content (AvgIpc) is 2.50. The topological polar surface area (TPSA) is 131 Å². The number of anilines is 2. The minimum Gasteiger partial charge on any atom is -0.382 e. The molecule has 0 spiro atoms. The maximum atomic E-state index is 12.0. The number of amides is 1. The van der Waals surface area contributed by atoms with Crippen LogP contribution in [-0.4, -0.2) is 21.7 Å². The van der Waals surface area contributed by atoms with Gasteiger partial charge in [-0.15, -0.1) is 0 Å². The molecule has 0 radical (unpaired) electrons. The van der Waals surface area contributed by atoms with Crippen molar-refractivity contribution in [3.8, 4) is 0 Å². The van der Waals surface area contributed by atoms with Crippen LogP contribution in [0.2, 0.25) is 5.15 Å². The van der Waals surface area contributed by atoms with Gasteiger partial charge in [0.2, 0.25) is 0 Å². The number of hydrogen-bond donors (Lipinski definition) is 4. The number of halogens is 1. The van der Waals surface area contributed by atoms with Crippen LogP contribution in [0.5, 0.6) is 0 Å². The molecule has 2 rings (SSSR count). The normalized spacial score (nSPS) is 10.2. The summed E-state index contributed by atoms with van der Waals surface area (Å²) in [5.74, 6) is -0.752. The smallest absolute Gasteiger partial charge is 0.279 e. The third-order valence-corrected chi connectivity index (χ3v) is 3.17. The summed E-state index contributed by atoms with van der Waals surface area (Å²) >= 11 is 5.72. The molecular weight excluding hydrogens is 304 g/mol. The Kier molecular flexibility index (Phi) is 4.90. The van der Waals surface area contributed by atoms with Gasteiger partial charge in [0.15, 0.2) is 22.5 Å². The molecule has 7 nitrogen and oxygen atoms in total. The van der Waals surface area contributed by atoms with Gasteiger partial charge in [-0.05, 0) is 12.0 Å². The lowest BCUT2D eigenvalue weighted by Gasteiger charge is -2.08. The minimum atomic E-state index is -0.634. The summed E-state index contributed by atoms with van der Waals surface area (Å²) in [7, 11) is 0. The number of carbonyl (C=O) groups is 1. The summed E-state index contributed by atoms with van der Waals surface area (Å²) in [5.41, 5.74) is 12.0. The van der Waals surface area contributed by atoms with E-state index in [1.54, 1.807) is 0 Å². The molecule has 1 aromatic carbocycles. The van der Waals surface area contributed by atoms with Crippen LogP contribution in [0, 0.1) is 5.41 Å². The third kappa shape index (κ3) is 3.92. The van der Waals surface area contributed by atoms with Gasteiger partial charge in [-0.1, -0.05) is 41.9 Å². The first kappa shape index (κ1) is 15.7. The zero-order valence-electron chi connectivity index (χ0n) is 11.6. The van der Waals surface area contributed by atoms with Gasteiger partial charge in [0.1, 0.15) is 5.84 Å². The van der Waals surface area contributed by atoms with Gasteiger partial charge < -0.3 is 16.8 Å². The first-order chi connectivity index (χ1) is 10.5. The van der Waals surface area contributed by atoms with Crippen LogP contribution in [0.1, 0.15) is 22.5 Å². The Morgan fingerprint density at radius 2 is 1.86 bits per heavy atom. The lowest BCUT2D eigenvalue weighted by atomic mass is 10.1. The van der Waals surface area contributed by atoms with E-state index < -0.39 is 5.91 Å². The van der Waals surface area contributed by atoms with Crippen LogP contribution >= 0.6 is 11.6 Å². The molecule has 0 saturated carbocycles. The van der Waals surface area contributed by atoms with Crippen molar-refractivity contribution in [3.05, 3.63) is 46.7 Å². The van der Waals surface area contributed by atoms with Crippen LogP contribution in [0.15, 0.2) is 30.3 Å². The summed E-state index contributed by atoms with van der Waals surface area (Å²) in [6.45, 7) is 0. The number of nitrogens with zero attached hydrogens (tertiary/aromatic N) is 2. The van der Waals surface area contributed by atoms with Gasteiger partial charge in [0.25, 0.3) is 5.91 Å². The van der Waals surface area contributed by atoms with E-state index in [1.165, 1.54) is 0 Å². The summed E-state index contributed by atoms with van der Waals surface area (Å²) in [4.78, 5) is 19.5. The van der Waals surface area contributed by atoms with E-state index in [0.717, 1.165) is 5.56 Å². The van der Waals surface area contributed by atoms with E-state index in [2.05, 4.69) is 15.3 Å². The molecule has 0 fully saturated rings. The predicted octanol–water partition coefficient (Wildman–Crippen LogP) is 1.63. The van der Waals surface area contributed by atoms with E-state index in [9.17, 15) is 4.79 Å². The molecule has 0 aliphatic rings. The van der Waals surface area contributed by atoms with Gasteiger partial charge in [-0.3, -0.25) is 10.2 Å². The number of carbonyl (C=O) groups excluding carboxylic acids is 1. The lowest BCUT2D eigenvalue weighted by molar-refractivity contribution is 0.0972. The Balaban J connectivity index is 1.97. The van der Waals surface area contributed by atoms with Crippen molar-refractivity contribution in [2.45, 2.75) is 12.8 Å². The number of nitrogens with two attached hydrogens (primary N) is 2. The van der Waals surface area contributed by atoms with Crippen LogP contribution in [0.3, 0.4) is 0 Å². The molecule has 0 unspecified atom stereocenters. The molecule has 0 bridgehead atoms. The molecule has 6 N–H and O–H groups in total. The maximum absolute atomic E-state index is 12.0. The van der Waals surface area contributed by atoms with Crippen LogP contribution in [-0.2, 0) is 6.42 Å². The highest BCUT2D eigenvalue weighted by atomic mass is 35.5. The van der Waals surface area contributed by atoms with E-state index in [0.29, 0.717) is 12.8 Å². The largest absolute Gasteiger partial charge is 0.382 e. The fourth-order valence-corrected chi connectivity index (χ4v) is 1.91. The Bertz CT molecular complexity index is 704. The van der Waals surface area contributed by atoms with Gasteiger partial charge >= 0.3 is 0 Å². The minimum absolute atomic E-state index is 0.0464. The number of aromatic nitrogens is 2. The molecule has 0 aliphatic carbocycles. The number of rotatable bonds is 4. The number of hydrogen-bond acceptors (Lipinski definition) is 6. The first-order valence-electron chi connectivity index (χ1n) is 6.48. The first-order valence-corrected chi connectivity index (χ1v) is 6.86. The second kappa shape index (κ2) is 6.86. The van der Waals surface area contributed by atoms with Gasteiger partial charge in [0.05, 0.1) is 0 Å². The molecular formula is C14H15ClN6O. The molecule has 2 aromatic rings. The number of amidine groups is 1. The van der Waals surface area contributed by atoms with Gasteiger partial charge in [-0.2, -0.15) is 0 Å². The highest BCUT2D eigenvalue weighted by Gasteiger charge is 2.16. The predicted molar refractivity (Wildman–Crippen MR) is 85.8 cm³/mol. The summed E-state index contributed by atoms with van der Waals surface area (Å²) < 4.78 is 0. The molecule has 22 heavy (non-hydrogen) atoms. The number of nitrogen functional groups attached to an aromatic ring is 2. The van der Waals surface area contributed by atoms with Crippen molar-refractivity contribution >= 4 is 35.0 Å². The number of nitrogens with one attached hydrogen (secondary N) is 2.